The van der Waals surface area contributed by atoms with Crippen molar-refractivity contribution in [2.24, 2.45) is 0 Å². The Balaban J connectivity index is 1.58. The SMILES string of the molecule is CC(=O)N1CCC[C@H](Nc2ncccc2-c2cnc3c(n2)CC=C3)C1. The normalized spacial score (nSPS) is 18.9. The number of piperidine rings is 1. The van der Waals surface area contributed by atoms with Gasteiger partial charge >= 0.3 is 0 Å². The molecule has 1 fully saturated rings. The predicted octanol–water partition coefficient (Wildman–Crippen LogP) is 2.53. The molecule has 1 amide bonds. The number of anilines is 1. The monoisotopic (exact) mass is 335 g/mol. The van der Waals surface area contributed by atoms with Gasteiger partial charge in [-0.1, -0.05) is 6.08 Å². The van der Waals surface area contributed by atoms with Crippen LogP contribution in [0.4, 0.5) is 5.82 Å². The zero-order valence-corrected chi connectivity index (χ0v) is 14.3. The van der Waals surface area contributed by atoms with E-state index in [1.807, 2.05) is 23.1 Å². The first-order valence-corrected chi connectivity index (χ1v) is 8.70. The van der Waals surface area contributed by atoms with Gasteiger partial charge in [-0.15, -0.1) is 0 Å². The van der Waals surface area contributed by atoms with Crippen molar-refractivity contribution in [3.63, 3.8) is 0 Å². The Morgan fingerprint density at radius 3 is 3.16 bits per heavy atom. The number of carbonyl (C=O) groups excluding carboxylic acids is 1. The minimum atomic E-state index is 0.129. The fourth-order valence-corrected chi connectivity index (χ4v) is 3.44. The minimum Gasteiger partial charge on any atom is -0.365 e. The van der Waals surface area contributed by atoms with E-state index in [2.05, 4.69) is 21.4 Å². The quantitative estimate of drug-likeness (QED) is 0.933. The van der Waals surface area contributed by atoms with Crippen LogP contribution in [0.15, 0.2) is 30.6 Å². The fraction of sp³-hybridized carbons (Fsp3) is 0.368. The van der Waals surface area contributed by atoms with Gasteiger partial charge in [-0.25, -0.2) is 9.97 Å². The van der Waals surface area contributed by atoms with Gasteiger partial charge in [0.25, 0.3) is 0 Å². The summed E-state index contributed by atoms with van der Waals surface area (Å²) < 4.78 is 0. The number of hydrogen-bond donors (Lipinski definition) is 1. The number of hydrogen-bond acceptors (Lipinski definition) is 5. The number of carbonyl (C=O) groups is 1. The van der Waals surface area contributed by atoms with Crippen LogP contribution in [0.5, 0.6) is 0 Å². The third-order valence-electron chi connectivity index (χ3n) is 4.76. The number of fused-ring (bicyclic) bond motifs is 1. The van der Waals surface area contributed by atoms with Crippen molar-refractivity contribution in [2.75, 3.05) is 18.4 Å². The Bertz CT molecular complexity index is 832. The van der Waals surface area contributed by atoms with E-state index in [-0.39, 0.29) is 11.9 Å². The first-order chi connectivity index (χ1) is 12.2. The molecule has 2 aliphatic rings. The summed E-state index contributed by atoms with van der Waals surface area (Å²) in [6.45, 7) is 3.18. The second kappa shape index (κ2) is 6.63. The molecule has 25 heavy (non-hydrogen) atoms. The molecule has 1 aliphatic carbocycles. The number of nitrogens with one attached hydrogen (secondary N) is 1. The molecule has 1 aliphatic heterocycles. The second-order valence-corrected chi connectivity index (χ2v) is 6.54. The molecular formula is C19H21N5O. The number of pyridine rings is 1. The number of aromatic nitrogens is 3. The zero-order valence-electron chi connectivity index (χ0n) is 14.3. The van der Waals surface area contributed by atoms with E-state index in [0.29, 0.717) is 6.54 Å². The molecule has 0 spiro atoms. The average molecular weight is 335 g/mol. The maximum Gasteiger partial charge on any atom is 0.219 e. The van der Waals surface area contributed by atoms with Crippen molar-refractivity contribution in [3.8, 4) is 11.3 Å². The van der Waals surface area contributed by atoms with Crippen LogP contribution in [0.3, 0.4) is 0 Å². The standard InChI is InChI=1S/C19H21N5O/c1-13(25)24-10-4-5-14(12-24)22-19-15(6-3-9-20-19)18-11-21-16-7-2-8-17(16)23-18/h2-3,6-7,9,11,14H,4-5,8,10,12H2,1H3,(H,20,22)/t14-/m0/s1. The number of likely N-dealkylation sites (tertiary alicyclic amines) is 1. The van der Waals surface area contributed by atoms with E-state index in [9.17, 15) is 4.79 Å². The maximum absolute atomic E-state index is 11.7. The highest BCUT2D eigenvalue weighted by Crippen LogP contribution is 2.27. The molecule has 4 rings (SSSR count). The summed E-state index contributed by atoms with van der Waals surface area (Å²) in [6.07, 6.45) is 10.5. The smallest absolute Gasteiger partial charge is 0.219 e. The summed E-state index contributed by atoms with van der Waals surface area (Å²) in [4.78, 5) is 27.3. The lowest BCUT2D eigenvalue weighted by molar-refractivity contribution is -0.129. The van der Waals surface area contributed by atoms with Crippen LogP contribution in [0.2, 0.25) is 0 Å². The van der Waals surface area contributed by atoms with Crippen LogP contribution in [-0.4, -0.2) is 44.9 Å². The lowest BCUT2D eigenvalue weighted by Gasteiger charge is -2.33. The molecule has 0 radical (unpaired) electrons. The maximum atomic E-state index is 11.7. The molecule has 1 N–H and O–H groups in total. The summed E-state index contributed by atoms with van der Waals surface area (Å²) >= 11 is 0. The average Bonchev–Trinajstić information content (AvgIpc) is 3.10. The van der Waals surface area contributed by atoms with E-state index >= 15 is 0 Å². The summed E-state index contributed by atoms with van der Waals surface area (Å²) in [6, 6.07) is 4.13. The molecular weight excluding hydrogens is 314 g/mol. The minimum absolute atomic E-state index is 0.129. The van der Waals surface area contributed by atoms with Gasteiger partial charge in [-0.3, -0.25) is 9.78 Å². The van der Waals surface area contributed by atoms with Gasteiger partial charge in [0, 0.05) is 44.2 Å². The molecule has 6 nitrogen and oxygen atoms in total. The van der Waals surface area contributed by atoms with Gasteiger partial charge in [-0.05, 0) is 31.1 Å². The third-order valence-corrected chi connectivity index (χ3v) is 4.76. The first-order valence-electron chi connectivity index (χ1n) is 8.70. The molecule has 0 saturated carbocycles. The molecule has 128 valence electrons. The van der Waals surface area contributed by atoms with Gasteiger partial charge in [0.1, 0.15) is 5.82 Å². The van der Waals surface area contributed by atoms with E-state index in [1.54, 1.807) is 19.3 Å². The van der Waals surface area contributed by atoms with E-state index < -0.39 is 0 Å². The number of amides is 1. The lowest BCUT2D eigenvalue weighted by atomic mass is 10.0. The van der Waals surface area contributed by atoms with Gasteiger partial charge in [0.2, 0.25) is 5.91 Å². The van der Waals surface area contributed by atoms with Crippen LogP contribution in [0, 0.1) is 0 Å². The molecule has 2 aromatic rings. The Labute approximate surface area is 147 Å². The first kappa shape index (κ1) is 15.7. The van der Waals surface area contributed by atoms with Crippen molar-refractivity contribution in [1.82, 2.24) is 19.9 Å². The molecule has 3 heterocycles. The Kier molecular flexibility index (Phi) is 4.17. The molecule has 0 bridgehead atoms. The van der Waals surface area contributed by atoms with Crippen molar-refractivity contribution in [2.45, 2.75) is 32.2 Å². The molecule has 6 heteroatoms. The second-order valence-electron chi connectivity index (χ2n) is 6.54. The highest BCUT2D eigenvalue weighted by molar-refractivity contribution is 5.74. The van der Waals surface area contributed by atoms with Crippen LogP contribution in [-0.2, 0) is 11.2 Å². The van der Waals surface area contributed by atoms with Gasteiger partial charge in [0.05, 0.1) is 23.3 Å². The molecule has 2 aromatic heterocycles. The number of rotatable bonds is 3. The van der Waals surface area contributed by atoms with Crippen LogP contribution in [0.25, 0.3) is 17.3 Å². The van der Waals surface area contributed by atoms with E-state index in [1.165, 1.54) is 0 Å². The topological polar surface area (TPSA) is 71.0 Å². The molecule has 0 unspecified atom stereocenters. The predicted molar refractivity (Wildman–Crippen MR) is 96.9 cm³/mol. The van der Waals surface area contributed by atoms with Crippen LogP contribution >= 0.6 is 0 Å². The van der Waals surface area contributed by atoms with Crippen molar-refractivity contribution in [1.29, 1.82) is 0 Å². The van der Waals surface area contributed by atoms with Crippen molar-refractivity contribution >= 4 is 17.8 Å². The lowest BCUT2D eigenvalue weighted by Crippen LogP contribution is -2.44. The highest BCUT2D eigenvalue weighted by atomic mass is 16.2. The summed E-state index contributed by atoms with van der Waals surface area (Å²) in [5.41, 5.74) is 3.74. The van der Waals surface area contributed by atoms with Gasteiger partial charge in [0.15, 0.2) is 0 Å². The highest BCUT2D eigenvalue weighted by Gasteiger charge is 2.23. The summed E-state index contributed by atoms with van der Waals surface area (Å²) in [7, 11) is 0. The third kappa shape index (κ3) is 3.24. The number of nitrogens with zero attached hydrogens (tertiary/aromatic N) is 4. The Morgan fingerprint density at radius 1 is 1.36 bits per heavy atom. The Hall–Kier alpha value is -2.76. The van der Waals surface area contributed by atoms with E-state index in [4.69, 9.17) is 4.98 Å². The summed E-state index contributed by atoms with van der Waals surface area (Å²) in [5.74, 6) is 0.933. The zero-order chi connectivity index (χ0) is 17.2. The largest absolute Gasteiger partial charge is 0.365 e. The number of allylic oxidation sites excluding steroid dienone is 1. The van der Waals surface area contributed by atoms with Gasteiger partial charge in [-0.2, -0.15) is 0 Å². The molecule has 0 aromatic carbocycles. The Morgan fingerprint density at radius 2 is 2.28 bits per heavy atom. The van der Waals surface area contributed by atoms with E-state index in [0.717, 1.165) is 54.3 Å². The molecule has 1 atom stereocenters. The van der Waals surface area contributed by atoms with Crippen molar-refractivity contribution in [3.05, 3.63) is 42.0 Å². The fourth-order valence-electron chi connectivity index (χ4n) is 3.44. The van der Waals surface area contributed by atoms with Crippen LogP contribution in [0.1, 0.15) is 31.2 Å². The van der Waals surface area contributed by atoms with Crippen LogP contribution < -0.4 is 5.32 Å². The molecule has 1 saturated heterocycles. The van der Waals surface area contributed by atoms with Crippen molar-refractivity contribution < 1.29 is 4.79 Å². The summed E-state index contributed by atoms with van der Waals surface area (Å²) in [5, 5.41) is 3.51. The van der Waals surface area contributed by atoms with Gasteiger partial charge < -0.3 is 10.2 Å².